The molecule has 0 heterocycles. The second-order valence-corrected chi connectivity index (χ2v) is 8.15. The van der Waals surface area contributed by atoms with Crippen molar-refractivity contribution in [2.75, 3.05) is 27.9 Å². The van der Waals surface area contributed by atoms with E-state index in [0.29, 0.717) is 0 Å². The molecule has 1 rings (SSSR count). The minimum absolute atomic E-state index is 0.174. The van der Waals surface area contributed by atoms with Crippen molar-refractivity contribution in [3.63, 3.8) is 0 Å². The summed E-state index contributed by atoms with van der Waals surface area (Å²) in [6.45, 7) is 1.88. The fourth-order valence-corrected chi connectivity index (χ4v) is 4.29. The van der Waals surface area contributed by atoms with Gasteiger partial charge in [0.05, 0.1) is 5.67 Å². The van der Waals surface area contributed by atoms with E-state index in [1.54, 1.807) is 21.3 Å². The summed E-state index contributed by atoms with van der Waals surface area (Å²) >= 11 is 0. The van der Waals surface area contributed by atoms with Gasteiger partial charge < -0.3 is 24.3 Å². The smallest absolute Gasteiger partial charge is 0.376 e. The first-order chi connectivity index (χ1) is 10.2. The number of rotatable bonds is 11. The predicted molar refractivity (Wildman–Crippen MR) is 86.8 cm³/mol. The molecule has 0 fully saturated rings. The van der Waals surface area contributed by atoms with Crippen molar-refractivity contribution in [1.29, 1.82) is 0 Å². The van der Waals surface area contributed by atoms with Crippen LogP contribution in [0.2, 0.25) is 0 Å². The molecule has 6 heteroatoms. The van der Waals surface area contributed by atoms with Gasteiger partial charge in [-0.1, -0.05) is 36.8 Å². The minimum Gasteiger partial charge on any atom is -0.376 e. The predicted octanol–water partition coefficient (Wildman–Crippen LogP) is 1.69. The highest BCUT2D eigenvalue weighted by Crippen LogP contribution is 2.14. The van der Waals surface area contributed by atoms with Gasteiger partial charge in [0, 0.05) is 27.9 Å². The quantitative estimate of drug-likeness (QED) is 0.481. The number of hydrogen-bond acceptors (Lipinski definition) is 5. The fourth-order valence-electron chi connectivity index (χ4n) is 2.32. The van der Waals surface area contributed by atoms with Gasteiger partial charge in [-0.3, -0.25) is 0 Å². The molecule has 120 valence electrons. The summed E-state index contributed by atoms with van der Waals surface area (Å²) in [6.07, 6.45) is 2.94. The Balaban J connectivity index is 2.16. The van der Waals surface area contributed by atoms with Gasteiger partial charge >= 0.3 is 8.80 Å². The van der Waals surface area contributed by atoms with Crippen LogP contribution in [0.4, 0.5) is 0 Å². The molecule has 0 aromatic heterocycles. The summed E-state index contributed by atoms with van der Waals surface area (Å²) in [5, 5.41) is 3.43. The van der Waals surface area contributed by atoms with Crippen LogP contribution < -0.4 is 11.1 Å². The second-order valence-electron chi connectivity index (χ2n) is 4.98. The summed E-state index contributed by atoms with van der Waals surface area (Å²) in [5.74, 6) is 0. The van der Waals surface area contributed by atoms with E-state index in [0.717, 1.165) is 32.4 Å². The van der Waals surface area contributed by atoms with Crippen LogP contribution in [0.3, 0.4) is 0 Å². The molecule has 0 aliphatic rings. The normalized spacial score (nSPS) is 13.3. The largest absolute Gasteiger partial charge is 0.517 e. The molecule has 1 unspecified atom stereocenters. The molecule has 0 aliphatic heterocycles. The Hall–Kier alpha value is -0.763. The fraction of sp³-hybridized carbons (Fsp3) is 0.600. The van der Waals surface area contributed by atoms with E-state index < -0.39 is 8.80 Å². The van der Waals surface area contributed by atoms with Crippen LogP contribution in [0.5, 0.6) is 0 Å². The average Bonchev–Trinajstić information content (AvgIpc) is 2.54. The van der Waals surface area contributed by atoms with Gasteiger partial charge in [-0.25, -0.2) is 0 Å². The zero-order valence-electron chi connectivity index (χ0n) is 13.3. The number of hydrogen-bond donors (Lipinski definition) is 2. The lowest BCUT2D eigenvalue weighted by molar-refractivity contribution is 0.111. The molecule has 1 aromatic rings. The Labute approximate surface area is 129 Å². The third kappa shape index (κ3) is 5.86. The van der Waals surface area contributed by atoms with Crippen LogP contribution in [0.25, 0.3) is 0 Å². The van der Waals surface area contributed by atoms with Gasteiger partial charge in [-0.2, -0.15) is 0 Å². The number of nitrogens with one attached hydrogen (secondary N) is 1. The highest BCUT2D eigenvalue weighted by atomic mass is 28.4. The van der Waals surface area contributed by atoms with Crippen LogP contribution >= 0.6 is 0 Å². The number of nitrogens with two attached hydrogens (primary N) is 1. The molecule has 1 atom stereocenters. The van der Waals surface area contributed by atoms with Crippen LogP contribution in [0.1, 0.15) is 24.8 Å². The Kier molecular flexibility index (Phi) is 8.75. The maximum absolute atomic E-state index is 6.16. The average molecular weight is 312 g/mol. The van der Waals surface area contributed by atoms with Crippen LogP contribution in [0.15, 0.2) is 30.3 Å². The summed E-state index contributed by atoms with van der Waals surface area (Å²) in [6, 6.07) is 10.4. The molecule has 0 saturated heterocycles. The van der Waals surface area contributed by atoms with Gasteiger partial charge in [0.1, 0.15) is 0 Å². The topological polar surface area (TPSA) is 65.7 Å². The van der Waals surface area contributed by atoms with E-state index in [4.69, 9.17) is 19.0 Å². The van der Waals surface area contributed by atoms with Crippen molar-refractivity contribution in [3.05, 3.63) is 35.9 Å². The molecule has 0 bridgehead atoms. The molecule has 21 heavy (non-hydrogen) atoms. The van der Waals surface area contributed by atoms with Crippen molar-refractivity contribution in [1.82, 2.24) is 5.32 Å². The summed E-state index contributed by atoms with van der Waals surface area (Å²) in [5.41, 5.74) is 7.29. The Morgan fingerprint density at radius 1 is 1.05 bits per heavy atom. The molecule has 0 spiro atoms. The van der Waals surface area contributed by atoms with E-state index in [1.165, 1.54) is 5.56 Å². The molecule has 3 N–H and O–H groups in total. The summed E-state index contributed by atoms with van der Waals surface area (Å²) < 4.78 is 16.2. The molecule has 0 aliphatic carbocycles. The van der Waals surface area contributed by atoms with E-state index in [2.05, 4.69) is 29.6 Å². The lowest BCUT2D eigenvalue weighted by atomic mass is 10.2. The molecule has 5 nitrogen and oxygen atoms in total. The highest BCUT2D eigenvalue weighted by Gasteiger charge is 2.44. The Morgan fingerprint density at radius 3 is 2.24 bits per heavy atom. The highest BCUT2D eigenvalue weighted by molar-refractivity contribution is 6.62. The van der Waals surface area contributed by atoms with Crippen molar-refractivity contribution in [2.45, 2.75) is 31.5 Å². The van der Waals surface area contributed by atoms with Crippen LogP contribution in [-0.4, -0.2) is 42.3 Å². The Bertz CT molecular complexity index is 366. The van der Waals surface area contributed by atoms with Crippen molar-refractivity contribution in [2.24, 2.45) is 5.73 Å². The summed E-state index contributed by atoms with van der Waals surface area (Å²) in [4.78, 5) is 0. The first kappa shape index (κ1) is 18.3. The van der Waals surface area contributed by atoms with E-state index in [-0.39, 0.29) is 5.67 Å². The lowest BCUT2D eigenvalue weighted by Crippen LogP contribution is -2.58. The lowest BCUT2D eigenvalue weighted by Gasteiger charge is -2.29. The molecule has 0 amide bonds. The van der Waals surface area contributed by atoms with Gasteiger partial charge in [-0.05, 0) is 24.9 Å². The van der Waals surface area contributed by atoms with Crippen LogP contribution in [-0.2, 0) is 19.8 Å². The second kappa shape index (κ2) is 10.0. The SMILES string of the molecule is CO[Si](OC)(OC)C(N)CCCCNCc1ccccc1. The molecule has 0 saturated carbocycles. The molecule has 0 radical (unpaired) electrons. The van der Waals surface area contributed by atoms with Crippen molar-refractivity contribution >= 4 is 8.80 Å². The van der Waals surface area contributed by atoms with Crippen LogP contribution in [0, 0.1) is 0 Å². The molecule has 1 aromatic carbocycles. The number of unbranched alkanes of at least 4 members (excludes halogenated alkanes) is 1. The zero-order valence-corrected chi connectivity index (χ0v) is 14.3. The van der Waals surface area contributed by atoms with E-state index in [1.807, 2.05) is 6.07 Å². The molecular weight excluding hydrogens is 284 g/mol. The monoisotopic (exact) mass is 312 g/mol. The zero-order chi connectivity index (χ0) is 15.6. The van der Waals surface area contributed by atoms with Crippen molar-refractivity contribution < 1.29 is 13.3 Å². The van der Waals surface area contributed by atoms with Gasteiger partial charge in [-0.15, -0.1) is 0 Å². The number of benzene rings is 1. The van der Waals surface area contributed by atoms with E-state index >= 15 is 0 Å². The first-order valence-corrected chi connectivity index (χ1v) is 9.14. The first-order valence-electron chi connectivity index (χ1n) is 7.34. The van der Waals surface area contributed by atoms with Gasteiger partial charge in [0.2, 0.25) is 0 Å². The Morgan fingerprint density at radius 2 is 1.67 bits per heavy atom. The van der Waals surface area contributed by atoms with Gasteiger partial charge in [0.15, 0.2) is 0 Å². The minimum atomic E-state index is -2.68. The van der Waals surface area contributed by atoms with Crippen molar-refractivity contribution in [3.8, 4) is 0 Å². The maximum atomic E-state index is 6.16. The summed E-state index contributed by atoms with van der Waals surface area (Å²) in [7, 11) is 2.11. The van der Waals surface area contributed by atoms with Gasteiger partial charge in [0.25, 0.3) is 0 Å². The molecular formula is C15H28N2O3Si. The third-order valence-electron chi connectivity index (χ3n) is 3.60. The standard InChI is InChI=1S/C15H28N2O3Si/c1-18-21(19-2,20-3)15(16)11-7-8-12-17-13-14-9-5-4-6-10-14/h4-6,9-10,15,17H,7-8,11-13,16H2,1-3H3. The maximum Gasteiger partial charge on any atom is 0.517 e. The van der Waals surface area contributed by atoms with E-state index in [9.17, 15) is 0 Å². The third-order valence-corrected chi connectivity index (χ3v) is 6.50.